The Labute approximate surface area is 272 Å². The van der Waals surface area contributed by atoms with Crippen LogP contribution in [0.15, 0.2) is 24.3 Å². The highest BCUT2D eigenvalue weighted by atomic mass is 32.2. The summed E-state index contributed by atoms with van der Waals surface area (Å²) in [5, 5.41) is 5.10. The van der Waals surface area contributed by atoms with E-state index in [4.69, 9.17) is 0 Å². The topological polar surface area (TPSA) is 90.0 Å². The molecule has 7 rings (SSSR count). The smallest absolute Gasteiger partial charge is 0.233 e. The molecule has 10 heteroatoms. The fourth-order valence-corrected chi connectivity index (χ4v) is 11.2. The van der Waals surface area contributed by atoms with Crippen LogP contribution in [0.25, 0.3) is 0 Å². The number of anilines is 1. The third kappa shape index (κ3) is 5.84. The number of amides is 2. The molecule has 1 aromatic heterocycles. The lowest BCUT2D eigenvalue weighted by Crippen LogP contribution is -2.46. The second kappa shape index (κ2) is 11.7. The first-order valence-corrected chi connectivity index (χ1v) is 19.6. The van der Waals surface area contributed by atoms with Gasteiger partial charge in [0.1, 0.15) is 0 Å². The van der Waals surface area contributed by atoms with Gasteiger partial charge >= 0.3 is 0 Å². The van der Waals surface area contributed by atoms with E-state index >= 15 is 0 Å². The van der Waals surface area contributed by atoms with Crippen molar-refractivity contribution in [2.45, 2.75) is 95.7 Å². The molecule has 4 fully saturated rings. The summed E-state index contributed by atoms with van der Waals surface area (Å²) in [5.41, 5.74) is 4.60. The first kappa shape index (κ1) is 31.2. The number of fused-ring (bicyclic) bond motifs is 3. The summed E-state index contributed by atoms with van der Waals surface area (Å²) < 4.78 is 23.7. The van der Waals surface area contributed by atoms with E-state index in [2.05, 4.69) is 67.1 Å². The van der Waals surface area contributed by atoms with Gasteiger partial charge in [-0.3, -0.25) is 9.59 Å². The van der Waals surface area contributed by atoms with Crippen LogP contribution in [0.2, 0.25) is 0 Å². The fourth-order valence-electron chi connectivity index (χ4n) is 8.77. The Morgan fingerprint density at radius 1 is 0.933 bits per heavy atom. The van der Waals surface area contributed by atoms with Crippen molar-refractivity contribution in [3.63, 3.8) is 0 Å². The molecule has 6 heterocycles. The number of nitrogens with zero attached hydrogens (tertiary/aromatic N) is 3. The van der Waals surface area contributed by atoms with Crippen LogP contribution in [-0.2, 0) is 24.8 Å². The van der Waals surface area contributed by atoms with E-state index in [0.29, 0.717) is 25.2 Å². The number of hydrogen-bond donors (Lipinski definition) is 1. The molecule has 0 radical (unpaired) electrons. The van der Waals surface area contributed by atoms with Gasteiger partial charge < -0.3 is 20.0 Å². The Morgan fingerprint density at radius 2 is 1.58 bits per heavy atom. The van der Waals surface area contributed by atoms with Crippen molar-refractivity contribution in [2.75, 3.05) is 49.5 Å². The SMILES string of the molecule is Cc1cc(C)cc(C2Nc3sc(C(C)(C)C(=O)N4C5CCC4CC5)cc3C2CCN2CCC(C(=O)N3CCS(=O)(=O)CC3)C2)c1. The van der Waals surface area contributed by atoms with Crippen LogP contribution in [-0.4, -0.2) is 91.2 Å². The number of aryl methyl sites for hydroxylation is 2. The Hall–Kier alpha value is -2.43. The van der Waals surface area contributed by atoms with Crippen molar-refractivity contribution in [3.8, 4) is 0 Å². The van der Waals surface area contributed by atoms with Gasteiger partial charge in [0.15, 0.2) is 9.84 Å². The van der Waals surface area contributed by atoms with E-state index in [1.807, 2.05) is 0 Å². The normalized spacial score (nSPS) is 29.3. The van der Waals surface area contributed by atoms with Gasteiger partial charge in [-0.2, -0.15) is 0 Å². The van der Waals surface area contributed by atoms with Gasteiger partial charge in [0, 0.05) is 42.5 Å². The van der Waals surface area contributed by atoms with Crippen molar-refractivity contribution >= 4 is 38.0 Å². The molecule has 0 aliphatic carbocycles. The van der Waals surface area contributed by atoms with E-state index in [9.17, 15) is 18.0 Å². The third-order valence-corrected chi connectivity index (χ3v) is 14.3. The molecule has 5 aliphatic heterocycles. The lowest BCUT2D eigenvalue weighted by Gasteiger charge is -2.32. The first-order valence-electron chi connectivity index (χ1n) is 16.9. The van der Waals surface area contributed by atoms with E-state index in [-0.39, 0.29) is 41.2 Å². The molecule has 244 valence electrons. The number of likely N-dealkylation sites (tertiary alicyclic amines) is 1. The largest absolute Gasteiger partial charge is 0.369 e. The maximum absolute atomic E-state index is 14.0. The van der Waals surface area contributed by atoms with Gasteiger partial charge in [0.05, 0.1) is 33.9 Å². The molecule has 4 saturated heterocycles. The van der Waals surface area contributed by atoms with Crippen LogP contribution in [0, 0.1) is 19.8 Å². The van der Waals surface area contributed by atoms with Crippen molar-refractivity contribution < 1.29 is 18.0 Å². The fraction of sp³-hybridized carbons (Fsp3) is 0.657. The van der Waals surface area contributed by atoms with Gasteiger partial charge in [-0.1, -0.05) is 29.3 Å². The average Bonchev–Trinajstić information content (AvgIpc) is 3.82. The van der Waals surface area contributed by atoms with Gasteiger partial charge in [-0.15, -0.1) is 11.3 Å². The Kier molecular flexibility index (Phi) is 8.09. The average molecular weight is 653 g/mol. The lowest BCUT2D eigenvalue weighted by molar-refractivity contribution is -0.137. The highest BCUT2D eigenvalue weighted by Gasteiger charge is 2.48. The standard InChI is InChI=1S/C35H48N4O4S2/c1-22-17-23(2)19-25(18-22)31-28(10-12-37-11-9-24(21-37)33(40)38-13-15-45(42,43)16-14-38)29-20-30(44-32(29)36-31)35(3,4)34(41)39-26-5-6-27(39)8-7-26/h17-20,24,26-28,31,36H,5-16,21H2,1-4H3. The van der Waals surface area contributed by atoms with Crippen molar-refractivity contribution in [1.29, 1.82) is 0 Å². The number of nitrogens with one attached hydrogen (secondary N) is 1. The molecule has 2 bridgehead atoms. The van der Waals surface area contributed by atoms with Crippen molar-refractivity contribution in [1.82, 2.24) is 14.7 Å². The highest BCUT2D eigenvalue weighted by Crippen LogP contribution is 2.53. The quantitative estimate of drug-likeness (QED) is 0.452. The van der Waals surface area contributed by atoms with Crippen LogP contribution in [0.1, 0.15) is 91.5 Å². The molecule has 3 unspecified atom stereocenters. The molecule has 0 saturated carbocycles. The summed E-state index contributed by atoms with van der Waals surface area (Å²) in [4.78, 5) is 34.8. The minimum absolute atomic E-state index is 0.0567. The molecule has 5 aliphatic rings. The Bertz CT molecular complexity index is 1550. The molecule has 2 aromatic rings. The maximum Gasteiger partial charge on any atom is 0.233 e. The third-order valence-electron chi connectivity index (χ3n) is 11.3. The lowest BCUT2D eigenvalue weighted by atomic mass is 9.84. The minimum Gasteiger partial charge on any atom is -0.369 e. The van der Waals surface area contributed by atoms with E-state index in [0.717, 1.165) is 63.0 Å². The van der Waals surface area contributed by atoms with Gasteiger partial charge in [-0.25, -0.2) is 8.42 Å². The number of rotatable bonds is 7. The molecule has 0 spiro atoms. The van der Waals surface area contributed by atoms with Gasteiger partial charge in [0.25, 0.3) is 0 Å². The molecule has 45 heavy (non-hydrogen) atoms. The van der Waals surface area contributed by atoms with E-state index in [1.54, 1.807) is 16.2 Å². The summed E-state index contributed by atoms with van der Waals surface area (Å²) in [6.45, 7) is 11.7. The minimum atomic E-state index is -3.01. The van der Waals surface area contributed by atoms with Crippen LogP contribution >= 0.6 is 11.3 Å². The van der Waals surface area contributed by atoms with Crippen molar-refractivity contribution in [2.24, 2.45) is 5.92 Å². The Balaban J connectivity index is 1.08. The highest BCUT2D eigenvalue weighted by molar-refractivity contribution is 7.91. The van der Waals surface area contributed by atoms with Crippen LogP contribution in [0.5, 0.6) is 0 Å². The monoisotopic (exact) mass is 652 g/mol. The predicted molar refractivity (Wildman–Crippen MR) is 180 cm³/mol. The molecule has 3 atom stereocenters. The predicted octanol–water partition coefficient (Wildman–Crippen LogP) is 5.02. The van der Waals surface area contributed by atoms with Gasteiger partial charge in [-0.05, 0) is 96.5 Å². The summed E-state index contributed by atoms with van der Waals surface area (Å²) in [6, 6.07) is 10.2. The summed E-state index contributed by atoms with van der Waals surface area (Å²) in [6.07, 6.45) is 6.39. The number of carbonyl (C=O) groups is 2. The second-order valence-corrected chi connectivity index (χ2v) is 18.3. The van der Waals surface area contributed by atoms with E-state index in [1.165, 1.54) is 27.3 Å². The second-order valence-electron chi connectivity index (χ2n) is 14.9. The van der Waals surface area contributed by atoms with Crippen LogP contribution < -0.4 is 5.32 Å². The molecule has 1 aromatic carbocycles. The molecular weight excluding hydrogens is 605 g/mol. The zero-order chi connectivity index (χ0) is 31.7. The maximum atomic E-state index is 14.0. The molecule has 8 nitrogen and oxygen atoms in total. The summed E-state index contributed by atoms with van der Waals surface area (Å²) in [7, 11) is -3.01. The Morgan fingerprint density at radius 3 is 2.22 bits per heavy atom. The summed E-state index contributed by atoms with van der Waals surface area (Å²) in [5.74, 6) is 0.771. The number of sulfone groups is 1. The molecule has 2 amide bonds. The van der Waals surface area contributed by atoms with Crippen LogP contribution in [0.3, 0.4) is 0 Å². The van der Waals surface area contributed by atoms with Crippen molar-refractivity contribution in [3.05, 3.63) is 51.4 Å². The number of hydrogen-bond acceptors (Lipinski definition) is 7. The van der Waals surface area contributed by atoms with E-state index < -0.39 is 15.3 Å². The number of thiophene rings is 1. The van der Waals surface area contributed by atoms with Crippen LogP contribution in [0.4, 0.5) is 5.00 Å². The first-order chi connectivity index (χ1) is 21.4. The zero-order valence-electron chi connectivity index (χ0n) is 27.2. The number of benzene rings is 1. The van der Waals surface area contributed by atoms with Gasteiger partial charge in [0.2, 0.25) is 11.8 Å². The number of carbonyl (C=O) groups excluding carboxylic acids is 2. The zero-order valence-corrected chi connectivity index (χ0v) is 28.8. The summed E-state index contributed by atoms with van der Waals surface area (Å²) >= 11 is 1.76. The molecular formula is C35H48N4O4S2. The molecule has 1 N–H and O–H groups in total.